The van der Waals surface area contributed by atoms with E-state index in [9.17, 15) is 12.9 Å². The normalized spacial score (nSPS) is 19.7. The number of nitrogens with zero attached hydrogens (tertiary/aromatic N) is 2. The largest absolute Gasteiger partial charge is 0.496 e. The third-order valence-electron chi connectivity index (χ3n) is 4.05. The molecule has 2 heterocycles. The van der Waals surface area contributed by atoms with Crippen molar-refractivity contribution >= 4 is 28.3 Å². The first kappa shape index (κ1) is 18.0. The molecule has 0 radical (unpaired) electrons. The molecule has 0 saturated carbocycles. The topological polar surface area (TPSA) is 78.0 Å². The lowest BCUT2D eigenvalue weighted by molar-refractivity contribution is 0.00578. The lowest BCUT2D eigenvalue weighted by Crippen LogP contribution is -2.41. The fourth-order valence-electron chi connectivity index (χ4n) is 2.03. The second kappa shape index (κ2) is 5.61. The summed E-state index contributed by atoms with van der Waals surface area (Å²) in [5.41, 5.74) is -1.10. The fraction of sp³-hybridized carbons (Fsp3) is 0.615. The van der Waals surface area contributed by atoms with Crippen molar-refractivity contribution in [3.63, 3.8) is 0 Å². The lowest BCUT2D eigenvalue weighted by atomic mass is 9.80. The first-order chi connectivity index (χ1) is 10.4. The van der Waals surface area contributed by atoms with Crippen LogP contribution in [0.5, 0.6) is 5.88 Å². The number of rotatable bonds is 4. The summed E-state index contributed by atoms with van der Waals surface area (Å²) in [4.78, 5) is 3.94. The number of ether oxygens (including phenoxy) is 1. The Hall–Kier alpha value is -1.39. The Kier molecular flexibility index (Phi) is 4.38. The Morgan fingerprint density at radius 1 is 1.26 bits per heavy atom. The standard InChI is InChI=1S/C13H20BFN2O5S/c1-12(2)13(3,4)22-14(21-12)9-7-10(11(20-5)16-8-9)17(15)23(6,18)19/h7-8H,1-6H3. The summed E-state index contributed by atoms with van der Waals surface area (Å²) in [6, 6.07) is 1.29. The van der Waals surface area contributed by atoms with E-state index < -0.39 is 28.3 Å². The summed E-state index contributed by atoms with van der Waals surface area (Å²) in [5.74, 6) is -0.154. The highest BCUT2D eigenvalue weighted by molar-refractivity contribution is 7.91. The molecule has 0 amide bonds. The van der Waals surface area contributed by atoms with E-state index >= 15 is 0 Å². The molecular weight excluding hydrogens is 326 g/mol. The average molecular weight is 346 g/mol. The Morgan fingerprint density at radius 2 is 1.78 bits per heavy atom. The van der Waals surface area contributed by atoms with Crippen molar-refractivity contribution in [3.8, 4) is 5.88 Å². The van der Waals surface area contributed by atoms with E-state index in [1.807, 2.05) is 27.7 Å². The van der Waals surface area contributed by atoms with Gasteiger partial charge in [-0.05, 0) is 33.8 Å². The first-order valence-electron chi connectivity index (χ1n) is 6.95. The minimum absolute atomic E-state index is 0.154. The van der Waals surface area contributed by atoms with Gasteiger partial charge in [-0.15, -0.1) is 0 Å². The second-order valence-corrected chi connectivity index (χ2v) is 8.15. The lowest BCUT2D eigenvalue weighted by Gasteiger charge is -2.32. The van der Waals surface area contributed by atoms with Gasteiger partial charge < -0.3 is 14.0 Å². The third-order valence-corrected chi connectivity index (χ3v) is 4.83. The van der Waals surface area contributed by atoms with Crippen LogP contribution < -0.4 is 14.7 Å². The number of pyridine rings is 1. The van der Waals surface area contributed by atoms with Gasteiger partial charge in [-0.3, -0.25) is 0 Å². The van der Waals surface area contributed by atoms with Crippen LogP contribution in [0.4, 0.5) is 10.2 Å². The number of hydrogen-bond acceptors (Lipinski definition) is 6. The predicted octanol–water partition coefficient (Wildman–Crippen LogP) is 1.04. The molecule has 0 bridgehead atoms. The molecule has 0 N–H and O–H groups in total. The molecule has 7 nitrogen and oxygen atoms in total. The third kappa shape index (κ3) is 3.29. The monoisotopic (exact) mass is 346 g/mol. The molecule has 1 aromatic heterocycles. The number of methoxy groups -OCH3 is 1. The molecule has 10 heteroatoms. The zero-order valence-corrected chi connectivity index (χ0v) is 14.8. The van der Waals surface area contributed by atoms with Crippen LogP contribution in [0.15, 0.2) is 12.3 Å². The molecule has 1 fully saturated rings. The van der Waals surface area contributed by atoms with E-state index in [-0.39, 0.29) is 16.1 Å². The molecular formula is C13H20BFN2O5S. The summed E-state index contributed by atoms with van der Waals surface area (Å²) < 4.78 is 53.2. The molecule has 23 heavy (non-hydrogen) atoms. The fourth-order valence-corrected chi connectivity index (χ4v) is 2.51. The number of aromatic nitrogens is 1. The van der Waals surface area contributed by atoms with Crippen LogP contribution in [0.25, 0.3) is 0 Å². The van der Waals surface area contributed by atoms with E-state index in [1.54, 1.807) is 0 Å². The summed E-state index contributed by atoms with van der Waals surface area (Å²) in [7, 11) is -3.62. The highest BCUT2D eigenvalue weighted by Gasteiger charge is 2.52. The van der Waals surface area contributed by atoms with Gasteiger partial charge in [-0.1, -0.05) is 9.01 Å². The number of halogens is 1. The number of hydrogen-bond donors (Lipinski definition) is 0. The van der Waals surface area contributed by atoms with Crippen LogP contribution >= 0.6 is 0 Å². The average Bonchev–Trinajstić information content (AvgIpc) is 2.65. The number of sulfonamides is 1. The van der Waals surface area contributed by atoms with Gasteiger partial charge in [0.2, 0.25) is 5.88 Å². The SMILES string of the molecule is COc1ncc(B2OC(C)(C)C(C)(C)O2)cc1N(F)S(C)(=O)=O. The van der Waals surface area contributed by atoms with Crippen molar-refractivity contribution < 1.29 is 26.9 Å². The van der Waals surface area contributed by atoms with E-state index in [0.717, 1.165) is 6.26 Å². The Labute approximate surface area is 135 Å². The van der Waals surface area contributed by atoms with Crippen molar-refractivity contribution in [3.05, 3.63) is 12.3 Å². The van der Waals surface area contributed by atoms with Crippen LogP contribution in [0.2, 0.25) is 0 Å². The molecule has 0 aromatic carbocycles. The van der Waals surface area contributed by atoms with Crippen molar-refractivity contribution in [2.45, 2.75) is 38.9 Å². The molecule has 1 saturated heterocycles. The molecule has 128 valence electrons. The maximum absolute atomic E-state index is 14.1. The van der Waals surface area contributed by atoms with E-state index in [1.165, 1.54) is 19.4 Å². The second-order valence-electron chi connectivity index (χ2n) is 6.36. The Morgan fingerprint density at radius 3 is 2.22 bits per heavy atom. The van der Waals surface area contributed by atoms with E-state index in [4.69, 9.17) is 14.0 Å². The molecule has 1 aromatic rings. The van der Waals surface area contributed by atoms with Crippen molar-refractivity contribution in [2.24, 2.45) is 0 Å². The summed E-state index contributed by atoms with van der Waals surface area (Å²) in [6.45, 7) is 7.51. The molecule has 1 aliphatic heterocycles. The van der Waals surface area contributed by atoms with Gasteiger partial charge in [0.15, 0.2) is 0 Å². The molecule has 0 spiro atoms. The zero-order chi connectivity index (χ0) is 17.6. The quantitative estimate of drug-likeness (QED) is 0.599. The van der Waals surface area contributed by atoms with Gasteiger partial charge in [0, 0.05) is 11.7 Å². The van der Waals surface area contributed by atoms with Crippen LogP contribution in [0.3, 0.4) is 0 Å². The summed E-state index contributed by atoms with van der Waals surface area (Å²) in [5, 5.41) is 0. The van der Waals surface area contributed by atoms with Crippen LogP contribution in [-0.2, 0) is 19.3 Å². The summed E-state index contributed by atoms with van der Waals surface area (Å²) >= 11 is 0. The maximum atomic E-state index is 14.1. The maximum Gasteiger partial charge on any atom is 0.496 e. The molecule has 0 atom stereocenters. The van der Waals surface area contributed by atoms with Gasteiger partial charge in [-0.25, -0.2) is 13.4 Å². The van der Waals surface area contributed by atoms with Gasteiger partial charge in [0.05, 0.1) is 24.6 Å². The highest BCUT2D eigenvalue weighted by atomic mass is 32.2. The highest BCUT2D eigenvalue weighted by Crippen LogP contribution is 2.37. The smallest absolute Gasteiger partial charge is 0.479 e. The van der Waals surface area contributed by atoms with Gasteiger partial charge in [-0.2, -0.15) is 0 Å². The van der Waals surface area contributed by atoms with Crippen LogP contribution in [0, 0.1) is 0 Å². The minimum atomic E-state index is -4.11. The van der Waals surface area contributed by atoms with E-state index in [0.29, 0.717) is 5.46 Å². The van der Waals surface area contributed by atoms with Crippen molar-refractivity contribution in [1.82, 2.24) is 4.98 Å². The van der Waals surface area contributed by atoms with Crippen molar-refractivity contribution in [1.29, 1.82) is 0 Å². The number of anilines is 1. The Balaban J connectivity index is 2.44. The zero-order valence-electron chi connectivity index (χ0n) is 14.0. The van der Waals surface area contributed by atoms with Gasteiger partial charge in [0.25, 0.3) is 10.0 Å². The van der Waals surface area contributed by atoms with Gasteiger partial charge in [0.1, 0.15) is 5.69 Å². The predicted molar refractivity (Wildman–Crippen MR) is 84.9 cm³/mol. The summed E-state index contributed by atoms with van der Waals surface area (Å²) in [6.07, 6.45) is 2.15. The Bertz CT molecular complexity index is 694. The first-order valence-corrected chi connectivity index (χ1v) is 8.79. The molecule has 0 aliphatic carbocycles. The molecule has 0 unspecified atom stereocenters. The van der Waals surface area contributed by atoms with E-state index in [2.05, 4.69) is 4.98 Å². The van der Waals surface area contributed by atoms with Crippen LogP contribution in [-0.4, -0.2) is 45.1 Å². The van der Waals surface area contributed by atoms with Crippen molar-refractivity contribution in [2.75, 3.05) is 17.9 Å². The van der Waals surface area contributed by atoms with Crippen LogP contribution in [0.1, 0.15) is 27.7 Å². The molecule has 1 aliphatic rings. The molecule has 2 rings (SSSR count). The minimum Gasteiger partial charge on any atom is -0.479 e. The van der Waals surface area contributed by atoms with Gasteiger partial charge >= 0.3 is 7.12 Å².